The van der Waals surface area contributed by atoms with Gasteiger partial charge in [0.05, 0.1) is 5.02 Å². The number of aryl methyl sites for hydroxylation is 1. The lowest BCUT2D eigenvalue weighted by atomic mass is 10.0. The van der Waals surface area contributed by atoms with Crippen molar-refractivity contribution in [2.24, 2.45) is 0 Å². The van der Waals surface area contributed by atoms with Crippen molar-refractivity contribution >= 4 is 23.5 Å². The van der Waals surface area contributed by atoms with Gasteiger partial charge < -0.3 is 4.74 Å². The van der Waals surface area contributed by atoms with Gasteiger partial charge in [0, 0.05) is 13.0 Å². The van der Waals surface area contributed by atoms with E-state index in [4.69, 9.17) is 16.3 Å². The average Bonchev–Trinajstić information content (AvgIpc) is 2.89. The molecule has 1 aliphatic rings. The van der Waals surface area contributed by atoms with Crippen molar-refractivity contribution in [2.75, 3.05) is 6.54 Å². The molecule has 1 heterocycles. The molecule has 0 saturated carbocycles. The van der Waals surface area contributed by atoms with Crippen molar-refractivity contribution in [3.05, 3.63) is 34.6 Å². The maximum absolute atomic E-state index is 14.2. The number of halogens is 3. The number of hydrogen-bond donors (Lipinski definition) is 0. The van der Waals surface area contributed by atoms with E-state index in [1.54, 1.807) is 26.8 Å². The van der Waals surface area contributed by atoms with E-state index in [9.17, 15) is 18.4 Å². The molecule has 2 rings (SSSR count). The van der Waals surface area contributed by atoms with Gasteiger partial charge in [-0.3, -0.25) is 9.69 Å². The van der Waals surface area contributed by atoms with Crippen molar-refractivity contribution in [3.63, 3.8) is 0 Å². The number of carbonyl (C=O) groups excluding carboxylic acids is 2. The summed E-state index contributed by atoms with van der Waals surface area (Å²) >= 11 is 5.72. The second-order valence-electron chi connectivity index (χ2n) is 7.10. The number of nitrogens with zero attached hydrogens (tertiary/aromatic N) is 1. The molecule has 138 valence electrons. The number of carbonyl (C=O) groups is 2. The third-order valence-electron chi connectivity index (χ3n) is 3.95. The van der Waals surface area contributed by atoms with E-state index in [0.717, 1.165) is 4.90 Å². The highest BCUT2D eigenvalue weighted by molar-refractivity contribution is 6.30. The Morgan fingerprint density at radius 2 is 2.04 bits per heavy atom. The van der Waals surface area contributed by atoms with Crippen LogP contribution in [0.25, 0.3) is 0 Å². The Kier molecular flexibility index (Phi) is 6.03. The summed E-state index contributed by atoms with van der Waals surface area (Å²) in [5, 5.41) is -0.0236. The molecule has 1 aliphatic heterocycles. The molecular formula is C18H22ClF2NO3. The van der Waals surface area contributed by atoms with Crippen LogP contribution in [0.3, 0.4) is 0 Å². The number of Topliss-reactive ketones (excluding diaryl/α,β-unsaturated/α-hetero) is 1. The van der Waals surface area contributed by atoms with E-state index in [1.165, 1.54) is 12.1 Å². The molecule has 0 radical (unpaired) electrons. The van der Waals surface area contributed by atoms with Crippen LogP contribution in [0.1, 0.15) is 39.2 Å². The minimum absolute atomic E-state index is 0.0236. The summed E-state index contributed by atoms with van der Waals surface area (Å²) in [6.45, 7) is 5.23. The van der Waals surface area contributed by atoms with Crippen LogP contribution in [0.15, 0.2) is 18.2 Å². The number of rotatable bonds is 4. The van der Waals surface area contributed by atoms with Gasteiger partial charge in [-0.15, -0.1) is 0 Å². The molecule has 0 N–H and O–H groups in total. The number of ether oxygens (including phenoxy) is 1. The molecule has 1 aromatic rings. The topological polar surface area (TPSA) is 46.6 Å². The Morgan fingerprint density at radius 1 is 1.36 bits per heavy atom. The van der Waals surface area contributed by atoms with Gasteiger partial charge in [-0.2, -0.15) is 0 Å². The standard InChI is InChI=1S/C18H22ClF2NO3/c1-18(2,3)25-17(24)22-10-9-13(20)16(22)14(23)8-7-11-5-4-6-12(19)15(11)21/h4-6,13,16H,7-10H2,1-3H3/t13-,16-/m0/s1. The van der Waals surface area contributed by atoms with Gasteiger partial charge in [0.1, 0.15) is 23.6 Å². The zero-order valence-corrected chi connectivity index (χ0v) is 15.3. The van der Waals surface area contributed by atoms with Gasteiger partial charge in [-0.1, -0.05) is 23.7 Å². The number of likely N-dealkylation sites (tertiary alicyclic amines) is 1. The maximum atomic E-state index is 14.2. The summed E-state index contributed by atoms with van der Waals surface area (Å²) in [5.74, 6) is -1.03. The first-order valence-corrected chi connectivity index (χ1v) is 8.57. The summed E-state index contributed by atoms with van der Waals surface area (Å²) in [6.07, 6.45) is -2.05. The van der Waals surface area contributed by atoms with Crippen molar-refractivity contribution in [3.8, 4) is 0 Å². The highest BCUT2D eigenvalue weighted by Gasteiger charge is 2.43. The first-order chi connectivity index (χ1) is 11.6. The number of ketones is 1. The Bertz CT molecular complexity index is 660. The van der Waals surface area contributed by atoms with E-state index in [-0.39, 0.29) is 36.4 Å². The second-order valence-corrected chi connectivity index (χ2v) is 7.51. The Labute approximate surface area is 151 Å². The summed E-state index contributed by atoms with van der Waals surface area (Å²) in [6, 6.07) is 3.35. The molecule has 0 unspecified atom stereocenters. The summed E-state index contributed by atoms with van der Waals surface area (Å²) in [5.41, 5.74) is -0.443. The molecule has 1 amide bonds. The monoisotopic (exact) mass is 373 g/mol. The maximum Gasteiger partial charge on any atom is 0.411 e. The van der Waals surface area contributed by atoms with Crippen LogP contribution in [0, 0.1) is 5.82 Å². The number of amides is 1. The molecule has 0 aromatic heterocycles. The molecule has 2 atom stereocenters. The van der Waals surface area contributed by atoms with Crippen LogP contribution in [-0.4, -0.2) is 41.1 Å². The quantitative estimate of drug-likeness (QED) is 0.789. The van der Waals surface area contributed by atoms with Crippen molar-refractivity contribution < 1.29 is 23.1 Å². The molecule has 7 heteroatoms. The third kappa shape index (κ3) is 4.91. The molecule has 0 spiro atoms. The highest BCUT2D eigenvalue weighted by Crippen LogP contribution is 2.26. The zero-order chi connectivity index (χ0) is 18.8. The van der Waals surface area contributed by atoms with Crippen LogP contribution < -0.4 is 0 Å². The molecule has 0 bridgehead atoms. The average molecular weight is 374 g/mol. The van der Waals surface area contributed by atoms with E-state index in [0.29, 0.717) is 0 Å². The minimum Gasteiger partial charge on any atom is -0.444 e. The molecule has 1 saturated heterocycles. The second kappa shape index (κ2) is 7.68. The van der Waals surface area contributed by atoms with Crippen LogP contribution in [-0.2, 0) is 16.0 Å². The molecular weight excluding hydrogens is 352 g/mol. The zero-order valence-electron chi connectivity index (χ0n) is 14.5. The van der Waals surface area contributed by atoms with Crippen LogP contribution in [0.4, 0.5) is 13.6 Å². The lowest BCUT2D eigenvalue weighted by molar-refractivity contribution is -0.124. The SMILES string of the molecule is CC(C)(C)OC(=O)N1CC[C@H](F)[C@H]1C(=O)CCc1cccc(Cl)c1F. The van der Waals surface area contributed by atoms with Gasteiger partial charge in [0.2, 0.25) is 0 Å². The largest absolute Gasteiger partial charge is 0.444 e. The fourth-order valence-corrected chi connectivity index (χ4v) is 3.00. The predicted molar refractivity (Wildman–Crippen MR) is 91.0 cm³/mol. The Morgan fingerprint density at radius 3 is 2.68 bits per heavy atom. The molecule has 1 fully saturated rings. The fraction of sp³-hybridized carbons (Fsp3) is 0.556. The predicted octanol–water partition coefficient (Wildman–Crippen LogP) is 4.33. The van der Waals surface area contributed by atoms with Crippen molar-refractivity contribution in [1.29, 1.82) is 0 Å². The van der Waals surface area contributed by atoms with Crippen LogP contribution in [0.2, 0.25) is 5.02 Å². The molecule has 4 nitrogen and oxygen atoms in total. The normalized spacial score (nSPS) is 20.6. The van der Waals surface area contributed by atoms with E-state index >= 15 is 0 Å². The van der Waals surface area contributed by atoms with Crippen LogP contribution in [0.5, 0.6) is 0 Å². The van der Waals surface area contributed by atoms with Crippen molar-refractivity contribution in [1.82, 2.24) is 4.90 Å². The summed E-state index contributed by atoms with van der Waals surface area (Å²) < 4.78 is 33.3. The van der Waals surface area contributed by atoms with E-state index in [2.05, 4.69) is 0 Å². The number of hydrogen-bond acceptors (Lipinski definition) is 3. The third-order valence-corrected chi connectivity index (χ3v) is 4.25. The van der Waals surface area contributed by atoms with E-state index in [1.807, 2.05) is 0 Å². The van der Waals surface area contributed by atoms with E-state index < -0.39 is 35.5 Å². The smallest absolute Gasteiger partial charge is 0.411 e. The summed E-state index contributed by atoms with van der Waals surface area (Å²) in [7, 11) is 0. The van der Waals surface area contributed by atoms with Gasteiger partial charge in [-0.05, 0) is 45.2 Å². The van der Waals surface area contributed by atoms with Gasteiger partial charge >= 0.3 is 6.09 Å². The molecule has 25 heavy (non-hydrogen) atoms. The van der Waals surface area contributed by atoms with Gasteiger partial charge in [0.15, 0.2) is 5.78 Å². The lowest BCUT2D eigenvalue weighted by Gasteiger charge is -2.28. The first-order valence-electron chi connectivity index (χ1n) is 8.19. The number of benzene rings is 1. The molecule has 1 aromatic carbocycles. The fourth-order valence-electron chi connectivity index (χ4n) is 2.80. The lowest BCUT2D eigenvalue weighted by Crippen LogP contribution is -2.46. The van der Waals surface area contributed by atoms with Crippen LogP contribution >= 0.6 is 11.6 Å². The number of alkyl halides is 1. The van der Waals surface area contributed by atoms with Gasteiger partial charge in [-0.25, -0.2) is 13.6 Å². The Hall–Kier alpha value is -1.69. The highest BCUT2D eigenvalue weighted by atomic mass is 35.5. The van der Waals surface area contributed by atoms with Crippen molar-refractivity contribution in [2.45, 2.75) is 57.8 Å². The minimum atomic E-state index is -1.44. The molecule has 0 aliphatic carbocycles. The van der Waals surface area contributed by atoms with Gasteiger partial charge in [0.25, 0.3) is 0 Å². The first kappa shape index (κ1) is 19.6. The summed E-state index contributed by atoms with van der Waals surface area (Å²) in [4.78, 5) is 25.8. The Balaban J connectivity index is 2.05.